The van der Waals surface area contributed by atoms with Gasteiger partial charge in [-0.1, -0.05) is 6.42 Å². The minimum absolute atomic E-state index is 0.147. The molecule has 1 aromatic rings. The maximum atomic E-state index is 5.87. The molecule has 2 saturated heterocycles. The lowest BCUT2D eigenvalue weighted by Crippen LogP contribution is -2.36. The molecule has 3 heterocycles. The summed E-state index contributed by atoms with van der Waals surface area (Å²) >= 11 is 0. The summed E-state index contributed by atoms with van der Waals surface area (Å²) in [5, 5.41) is 4.50. The van der Waals surface area contributed by atoms with Gasteiger partial charge in [0.15, 0.2) is 6.23 Å². The molecule has 5 nitrogen and oxygen atoms in total. The second-order valence-electron chi connectivity index (χ2n) is 6.73. The van der Waals surface area contributed by atoms with Crippen LogP contribution < -0.4 is 0 Å². The van der Waals surface area contributed by atoms with Crippen LogP contribution in [0.3, 0.4) is 0 Å². The zero-order chi connectivity index (χ0) is 15.2. The molecule has 0 saturated carbocycles. The summed E-state index contributed by atoms with van der Waals surface area (Å²) in [4.78, 5) is 5.01. The van der Waals surface area contributed by atoms with Gasteiger partial charge in [0.05, 0.1) is 5.69 Å². The number of likely N-dealkylation sites (N-methyl/N-ethyl adjacent to an activating group) is 1. The first-order valence-electron chi connectivity index (χ1n) is 8.88. The normalized spacial score (nSPS) is 24.0. The molecular weight excluding hydrogens is 276 g/mol. The molecule has 1 aromatic heterocycles. The van der Waals surface area contributed by atoms with Crippen LogP contribution in [-0.4, -0.2) is 59.4 Å². The van der Waals surface area contributed by atoms with E-state index in [9.17, 15) is 0 Å². The number of likely N-dealkylation sites (tertiary alicyclic amines) is 1. The van der Waals surface area contributed by atoms with E-state index in [-0.39, 0.29) is 6.23 Å². The maximum Gasteiger partial charge on any atom is 0.150 e. The number of hydrogen-bond donors (Lipinski definition) is 0. The van der Waals surface area contributed by atoms with Crippen LogP contribution in [0.2, 0.25) is 0 Å². The van der Waals surface area contributed by atoms with Gasteiger partial charge in [0, 0.05) is 32.4 Å². The Kier molecular flexibility index (Phi) is 5.87. The average molecular weight is 306 g/mol. The lowest BCUT2D eigenvalue weighted by atomic mass is 10.1. The third-order valence-corrected chi connectivity index (χ3v) is 4.86. The van der Waals surface area contributed by atoms with Crippen LogP contribution in [-0.2, 0) is 11.3 Å². The van der Waals surface area contributed by atoms with Crippen molar-refractivity contribution in [2.24, 2.45) is 0 Å². The highest BCUT2D eigenvalue weighted by molar-refractivity contribution is 5.01. The Morgan fingerprint density at radius 1 is 1.23 bits per heavy atom. The van der Waals surface area contributed by atoms with Crippen LogP contribution in [0.15, 0.2) is 12.3 Å². The van der Waals surface area contributed by atoms with Crippen molar-refractivity contribution in [2.75, 3.05) is 39.8 Å². The van der Waals surface area contributed by atoms with Crippen molar-refractivity contribution >= 4 is 0 Å². The molecule has 0 bridgehead atoms. The molecule has 0 unspecified atom stereocenters. The Bertz CT molecular complexity index is 436. The van der Waals surface area contributed by atoms with E-state index in [0.29, 0.717) is 0 Å². The van der Waals surface area contributed by atoms with Crippen molar-refractivity contribution < 1.29 is 4.74 Å². The maximum absolute atomic E-state index is 5.87. The van der Waals surface area contributed by atoms with Gasteiger partial charge in [-0.15, -0.1) is 0 Å². The Hall–Kier alpha value is -0.910. The summed E-state index contributed by atoms with van der Waals surface area (Å²) in [5.41, 5.74) is 1.27. The summed E-state index contributed by atoms with van der Waals surface area (Å²) in [6, 6.07) is 2.13. The van der Waals surface area contributed by atoms with Crippen LogP contribution in [0, 0.1) is 0 Å². The molecule has 0 radical (unpaired) electrons. The molecule has 3 rings (SSSR count). The molecule has 2 aliphatic rings. The molecule has 2 aliphatic heterocycles. The van der Waals surface area contributed by atoms with E-state index in [0.717, 1.165) is 26.1 Å². The van der Waals surface area contributed by atoms with Crippen LogP contribution >= 0.6 is 0 Å². The van der Waals surface area contributed by atoms with Crippen molar-refractivity contribution in [2.45, 2.75) is 51.3 Å². The summed E-state index contributed by atoms with van der Waals surface area (Å²) in [6.45, 7) is 6.69. The van der Waals surface area contributed by atoms with Gasteiger partial charge >= 0.3 is 0 Å². The highest BCUT2D eigenvalue weighted by atomic mass is 16.5. The minimum Gasteiger partial charge on any atom is -0.357 e. The zero-order valence-corrected chi connectivity index (χ0v) is 13.9. The smallest absolute Gasteiger partial charge is 0.150 e. The molecule has 2 fully saturated rings. The van der Waals surface area contributed by atoms with Crippen LogP contribution in [0.5, 0.6) is 0 Å². The predicted molar refractivity (Wildman–Crippen MR) is 87.7 cm³/mol. The first kappa shape index (κ1) is 16.0. The fraction of sp³-hybridized carbons (Fsp3) is 0.824. The van der Waals surface area contributed by atoms with E-state index in [1.54, 1.807) is 0 Å². The lowest BCUT2D eigenvalue weighted by molar-refractivity contribution is -0.0419. The van der Waals surface area contributed by atoms with E-state index in [1.807, 2.05) is 6.20 Å². The van der Waals surface area contributed by atoms with E-state index in [4.69, 9.17) is 4.74 Å². The summed E-state index contributed by atoms with van der Waals surface area (Å²) in [6.07, 6.45) is 9.72. The number of aromatic nitrogens is 2. The minimum atomic E-state index is 0.147. The number of hydrogen-bond acceptors (Lipinski definition) is 4. The standard InChI is InChI=1S/C17H30N4O/c1-19(12-13-20-10-4-2-5-11-20)15-16-8-9-18-21(16)17-7-3-6-14-22-17/h8-9,17H,2-7,10-15H2,1H3/t17-/m1/s1. The Morgan fingerprint density at radius 3 is 2.86 bits per heavy atom. The highest BCUT2D eigenvalue weighted by Gasteiger charge is 2.19. The second kappa shape index (κ2) is 8.09. The van der Waals surface area contributed by atoms with Gasteiger partial charge in [-0.05, 0) is 58.3 Å². The summed E-state index contributed by atoms with van der Waals surface area (Å²) < 4.78 is 7.97. The van der Waals surface area contributed by atoms with Crippen molar-refractivity contribution in [1.29, 1.82) is 0 Å². The fourth-order valence-electron chi connectivity index (χ4n) is 3.49. The van der Waals surface area contributed by atoms with Gasteiger partial charge in [0.2, 0.25) is 0 Å². The predicted octanol–water partition coefficient (Wildman–Crippen LogP) is 2.50. The first-order chi connectivity index (χ1) is 10.8. The molecule has 0 aromatic carbocycles. The Labute approximate surface area is 134 Å². The summed E-state index contributed by atoms with van der Waals surface area (Å²) in [5.74, 6) is 0. The molecular formula is C17H30N4O. The molecule has 0 N–H and O–H groups in total. The van der Waals surface area contributed by atoms with E-state index < -0.39 is 0 Å². The van der Waals surface area contributed by atoms with Crippen molar-refractivity contribution in [1.82, 2.24) is 19.6 Å². The third kappa shape index (κ3) is 4.31. The average Bonchev–Trinajstić information content (AvgIpc) is 3.03. The second-order valence-corrected chi connectivity index (χ2v) is 6.73. The van der Waals surface area contributed by atoms with Crippen LogP contribution in [0.25, 0.3) is 0 Å². The van der Waals surface area contributed by atoms with Gasteiger partial charge in [0.1, 0.15) is 0 Å². The largest absolute Gasteiger partial charge is 0.357 e. The van der Waals surface area contributed by atoms with E-state index in [2.05, 4.69) is 32.7 Å². The van der Waals surface area contributed by atoms with Gasteiger partial charge in [-0.3, -0.25) is 4.90 Å². The van der Waals surface area contributed by atoms with Crippen LogP contribution in [0.1, 0.15) is 50.4 Å². The fourth-order valence-corrected chi connectivity index (χ4v) is 3.49. The summed E-state index contributed by atoms with van der Waals surface area (Å²) in [7, 11) is 2.21. The lowest BCUT2D eigenvalue weighted by Gasteiger charge is -2.29. The quantitative estimate of drug-likeness (QED) is 0.808. The zero-order valence-electron chi connectivity index (χ0n) is 13.9. The third-order valence-electron chi connectivity index (χ3n) is 4.86. The van der Waals surface area contributed by atoms with E-state index >= 15 is 0 Å². The molecule has 0 amide bonds. The van der Waals surface area contributed by atoms with Gasteiger partial charge in [0.25, 0.3) is 0 Å². The highest BCUT2D eigenvalue weighted by Crippen LogP contribution is 2.23. The monoisotopic (exact) mass is 306 g/mol. The molecule has 124 valence electrons. The van der Waals surface area contributed by atoms with Gasteiger partial charge in [-0.2, -0.15) is 5.10 Å². The topological polar surface area (TPSA) is 33.5 Å². The van der Waals surface area contributed by atoms with Crippen LogP contribution in [0.4, 0.5) is 0 Å². The molecule has 0 aliphatic carbocycles. The van der Waals surface area contributed by atoms with Crippen molar-refractivity contribution in [3.05, 3.63) is 18.0 Å². The molecule has 5 heteroatoms. The number of piperidine rings is 1. The Balaban J connectivity index is 1.48. The Morgan fingerprint density at radius 2 is 2.09 bits per heavy atom. The molecule has 0 spiro atoms. The molecule has 1 atom stereocenters. The number of rotatable bonds is 6. The number of ether oxygens (including phenoxy) is 1. The van der Waals surface area contributed by atoms with Crippen molar-refractivity contribution in [3.8, 4) is 0 Å². The first-order valence-corrected chi connectivity index (χ1v) is 8.88. The number of nitrogens with zero attached hydrogens (tertiary/aromatic N) is 4. The SMILES string of the molecule is CN(CCN1CCCCC1)Cc1ccnn1[C@H]1CCCCO1. The van der Waals surface area contributed by atoms with E-state index in [1.165, 1.54) is 57.4 Å². The van der Waals surface area contributed by atoms with Gasteiger partial charge in [-0.25, -0.2) is 4.68 Å². The molecule has 22 heavy (non-hydrogen) atoms. The van der Waals surface area contributed by atoms with Gasteiger partial charge < -0.3 is 9.64 Å². The van der Waals surface area contributed by atoms with Crippen molar-refractivity contribution in [3.63, 3.8) is 0 Å².